The van der Waals surface area contributed by atoms with Crippen LogP contribution in [0.4, 0.5) is 11.6 Å². The SMILES string of the molecule is [C-]#[N+]CCOP(OC1CC(n2cc(C#CCNC(=O)c3ccc(NC)nc3)c(NC(=O)c3ccccc3)nc2=O)OC1CC)N(C(C)C)C(C)C. The van der Waals surface area contributed by atoms with Gasteiger partial charge < -0.3 is 34.6 Å². The number of amides is 2. The summed E-state index contributed by atoms with van der Waals surface area (Å²) in [5, 5.41) is 8.35. The molecule has 14 nitrogen and oxygen atoms in total. The number of carbonyl (C=O) groups excluding carboxylic acids is 2. The number of aromatic nitrogens is 3. The molecule has 1 aliphatic heterocycles. The van der Waals surface area contributed by atoms with Crippen molar-refractivity contribution in [1.29, 1.82) is 0 Å². The molecule has 0 bridgehead atoms. The first-order valence-corrected chi connectivity index (χ1v) is 18.0. The molecule has 15 heteroatoms. The smallest absolute Gasteiger partial charge is 0.351 e. The van der Waals surface area contributed by atoms with Crippen LogP contribution in [0.25, 0.3) is 4.85 Å². The Morgan fingerprint density at radius 3 is 2.51 bits per heavy atom. The zero-order valence-electron chi connectivity index (χ0n) is 29.8. The predicted molar refractivity (Wildman–Crippen MR) is 196 cm³/mol. The second-order valence-electron chi connectivity index (χ2n) is 12.1. The summed E-state index contributed by atoms with van der Waals surface area (Å²) in [4.78, 5) is 51.0. The summed E-state index contributed by atoms with van der Waals surface area (Å²) in [6.45, 7) is 17.9. The Kier molecular flexibility index (Phi) is 14.6. The first kappa shape index (κ1) is 39.1. The second-order valence-corrected chi connectivity index (χ2v) is 13.5. The van der Waals surface area contributed by atoms with Gasteiger partial charge in [0.2, 0.25) is 6.54 Å². The summed E-state index contributed by atoms with van der Waals surface area (Å²) in [6, 6.07) is 12.1. The van der Waals surface area contributed by atoms with E-state index in [1.54, 1.807) is 49.5 Å². The molecule has 51 heavy (non-hydrogen) atoms. The van der Waals surface area contributed by atoms with Crippen molar-refractivity contribution in [3.8, 4) is 11.8 Å². The molecule has 1 aromatic carbocycles. The molecular formula is C36H45N8O6P. The molecule has 4 rings (SSSR count). The first-order valence-electron chi connectivity index (χ1n) is 16.8. The van der Waals surface area contributed by atoms with Gasteiger partial charge in [0.15, 0.2) is 5.82 Å². The Bertz CT molecular complexity index is 1780. The minimum atomic E-state index is -1.54. The van der Waals surface area contributed by atoms with E-state index in [0.29, 0.717) is 29.8 Å². The summed E-state index contributed by atoms with van der Waals surface area (Å²) in [5.41, 5.74) is 0.360. The van der Waals surface area contributed by atoms with Crippen LogP contribution < -0.4 is 21.6 Å². The maximum atomic E-state index is 13.5. The highest BCUT2D eigenvalue weighted by Crippen LogP contribution is 2.50. The van der Waals surface area contributed by atoms with E-state index < -0.39 is 32.5 Å². The van der Waals surface area contributed by atoms with Crippen LogP contribution in [0.2, 0.25) is 0 Å². The molecule has 2 amide bonds. The van der Waals surface area contributed by atoms with Crippen LogP contribution in [0.1, 0.15) is 80.0 Å². The van der Waals surface area contributed by atoms with Crippen LogP contribution in [0.5, 0.6) is 0 Å². The molecule has 4 atom stereocenters. The highest BCUT2D eigenvalue weighted by atomic mass is 31.2. The van der Waals surface area contributed by atoms with Crippen molar-refractivity contribution in [1.82, 2.24) is 24.5 Å². The van der Waals surface area contributed by atoms with E-state index in [1.807, 2.05) is 6.92 Å². The molecule has 1 fully saturated rings. The van der Waals surface area contributed by atoms with Crippen LogP contribution in [0, 0.1) is 18.4 Å². The maximum Gasteiger partial charge on any atom is 0.351 e. The van der Waals surface area contributed by atoms with Crippen LogP contribution in [-0.2, 0) is 13.8 Å². The van der Waals surface area contributed by atoms with Gasteiger partial charge in [-0.05, 0) is 58.4 Å². The fourth-order valence-electron chi connectivity index (χ4n) is 5.42. The highest BCUT2D eigenvalue weighted by molar-refractivity contribution is 7.44. The third-order valence-corrected chi connectivity index (χ3v) is 9.99. The van der Waals surface area contributed by atoms with Crippen LogP contribution in [0.3, 0.4) is 0 Å². The fourth-order valence-corrected chi connectivity index (χ4v) is 7.17. The van der Waals surface area contributed by atoms with Gasteiger partial charge in [0.05, 0.1) is 29.9 Å². The van der Waals surface area contributed by atoms with E-state index in [1.165, 1.54) is 17.0 Å². The molecule has 0 radical (unpaired) electrons. The van der Waals surface area contributed by atoms with Gasteiger partial charge in [-0.1, -0.05) is 37.0 Å². The number of nitrogens with one attached hydrogen (secondary N) is 3. The molecule has 0 spiro atoms. The number of ether oxygens (including phenoxy) is 1. The Morgan fingerprint density at radius 1 is 1.14 bits per heavy atom. The number of benzene rings is 1. The van der Waals surface area contributed by atoms with Gasteiger partial charge in [-0.2, -0.15) is 4.98 Å². The zero-order chi connectivity index (χ0) is 36.9. The molecule has 0 saturated carbocycles. The van der Waals surface area contributed by atoms with E-state index in [2.05, 4.69) is 75.0 Å². The summed E-state index contributed by atoms with van der Waals surface area (Å²) < 4.78 is 22.6. The van der Waals surface area contributed by atoms with Gasteiger partial charge in [-0.15, -0.1) is 0 Å². The van der Waals surface area contributed by atoms with Crippen LogP contribution in [-0.4, -0.2) is 82.1 Å². The molecule has 270 valence electrons. The van der Waals surface area contributed by atoms with Gasteiger partial charge >= 0.3 is 5.69 Å². The second kappa shape index (κ2) is 19.1. The number of anilines is 2. The Balaban J connectivity index is 1.60. The van der Waals surface area contributed by atoms with Crippen LogP contribution in [0.15, 0.2) is 59.7 Å². The topological polar surface area (TPSA) is 153 Å². The van der Waals surface area contributed by atoms with E-state index in [4.69, 9.17) is 20.4 Å². The fraction of sp³-hybridized carbons (Fsp3) is 0.444. The Hall–Kier alpha value is -4.69. The summed E-state index contributed by atoms with van der Waals surface area (Å²) in [7, 11) is 0.199. The largest absolute Gasteiger partial charge is 0.373 e. The van der Waals surface area contributed by atoms with Crippen molar-refractivity contribution in [2.75, 3.05) is 37.4 Å². The number of hydrogen-bond acceptors (Lipinski definition) is 10. The molecule has 1 aliphatic rings. The maximum absolute atomic E-state index is 13.5. The van der Waals surface area contributed by atoms with Gasteiger partial charge in [0.25, 0.3) is 20.3 Å². The van der Waals surface area contributed by atoms with Crippen molar-refractivity contribution < 1.29 is 23.4 Å². The minimum absolute atomic E-state index is 0.0186. The van der Waals surface area contributed by atoms with Crippen LogP contribution >= 0.6 is 8.53 Å². The normalized spacial score (nSPS) is 17.5. The van der Waals surface area contributed by atoms with Gasteiger partial charge in [0, 0.05) is 43.5 Å². The number of pyridine rings is 1. The Labute approximate surface area is 300 Å². The third-order valence-electron chi connectivity index (χ3n) is 7.83. The molecule has 1 saturated heterocycles. The quantitative estimate of drug-likeness (QED) is 0.0841. The lowest BCUT2D eigenvalue weighted by Crippen LogP contribution is -2.35. The van der Waals surface area contributed by atoms with Crippen molar-refractivity contribution in [2.24, 2.45) is 0 Å². The van der Waals surface area contributed by atoms with Gasteiger partial charge in [0.1, 0.15) is 18.7 Å². The minimum Gasteiger partial charge on any atom is -0.373 e. The van der Waals surface area contributed by atoms with E-state index in [-0.39, 0.29) is 55.2 Å². The lowest BCUT2D eigenvalue weighted by atomic mass is 10.1. The van der Waals surface area contributed by atoms with Crippen molar-refractivity contribution >= 4 is 32.0 Å². The van der Waals surface area contributed by atoms with E-state index in [9.17, 15) is 14.4 Å². The number of carbonyl (C=O) groups is 2. The molecule has 0 aliphatic carbocycles. The summed E-state index contributed by atoms with van der Waals surface area (Å²) in [6.07, 6.45) is 2.41. The molecular weight excluding hydrogens is 671 g/mol. The Morgan fingerprint density at radius 2 is 1.88 bits per heavy atom. The lowest BCUT2D eigenvalue weighted by molar-refractivity contribution is -0.0200. The van der Waals surface area contributed by atoms with Crippen molar-refractivity contribution in [2.45, 2.75) is 78.0 Å². The van der Waals surface area contributed by atoms with Gasteiger partial charge in [-0.3, -0.25) is 14.2 Å². The summed E-state index contributed by atoms with van der Waals surface area (Å²) in [5.74, 6) is 5.66. The number of hydrogen-bond donors (Lipinski definition) is 3. The first-order chi connectivity index (χ1) is 24.6. The van der Waals surface area contributed by atoms with Crippen molar-refractivity contribution in [3.05, 3.63) is 93.5 Å². The lowest BCUT2D eigenvalue weighted by Gasteiger charge is -2.37. The average Bonchev–Trinajstić information content (AvgIpc) is 3.53. The van der Waals surface area contributed by atoms with E-state index in [0.717, 1.165) is 0 Å². The summed E-state index contributed by atoms with van der Waals surface area (Å²) >= 11 is 0. The molecule has 4 unspecified atom stereocenters. The van der Waals surface area contributed by atoms with Gasteiger partial charge in [-0.25, -0.2) is 21.0 Å². The molecule has 3 aromatic rings. The number of nitrogens with zero attached hydrogens (tertiary/aromatic N) is 5. The highest BCUT2D eigenvalue weighted by Gasteiger charge is 2.41. The molecule has 2 aromatic heterocycles. The van der Waals surface area contributed by atoms with Crippen molar-refractivity contribution in [3.63, 3.8) is 0 Å². The predicted octanol–water partition coefficient (Wildman–Crippen LogP) is 5.08. The third kappa shape index (κ3) is 10.7. The molecule has 3 heterocycles. The average molecular weight is 717 g/mol. The monoisotopic (exact) mass is 716 g/mol. The number of rotatable bonds is 15. The standard InChI is InChI=1S/C36H45N8O6P/c1-8-29-30(50-51(48-20-19-37-6)44(24(2)3)25(4)5)21-32(49-29)43-23-28(15-12-18-39-34(45)27-16-17-31(38-7)40-22-27)33(42-36(43)47)41-35(46)26-13-10-9-11-14-26/h9-11,13-14,16-17,22-25,29-30,32H,8,18-21H2,1-5,7H3,(H,38,40)(H,39,45)(H,41,42,46,47). The molecule has 3 N–H and O–H groups in total. The zero-order valence-corrected chi connectivity index (χ0v) is 30.6. The van der Waals surface area contributed by atoms with E-state index >= 15 is 0 Å².